The van der Waals surface area contributed by atoms with Crippen molar-refractivity contribution < 1.29 is 17.9 Å². The fourth-order valence-electron chi connectivity index (χ4n) is 3.11. The van der Waals surface area contributed by atoms with Crippen LogP contribution in [0.1, 0.15) is 37.7 Å². The van der Waals surface area contributed by atoms with Crippen molar-refractivity contribution in [2.24, 2.45) is 9.98 Å². The van der Waals surface area contributed by atoms with E-state index in [1.165, 1.54) is 18.9 Å². The van der Waals surface area contributed by atoms with Crippen molar-refractivity contribution in [2.45, 2.75) is 38.3 Å². The summed E-state index contributed by atoms with van der Waals surface area (Å²) in [6.07, 6.45) is 0.944. The minimum Gasteiger partial charge on any atom is -0.378 e. The number of alkyl halides is 3. The van der Waals surface area contributed by atoms with E-state index in [4.69, 9.17) is 9.73 Å². The number of halogens is 3. The zero-order valence-corrected chi connectivity index (χ0v) is 15.3. The van der Waals surface area contributed by atoms with Gasteiger partial charge in [-0.05, 0) is 31.0 Å². The number of nitrogens with zero attached hydrogens (tertiary/aromatic N) is 3. The first kappa shape index (κ1) is 19.7. The fourth-order valence-corrected chi connectivity index (χ4v) is 3.11. The van der Waals surface area contributed by atoms with Gasteiger partial charge in [-0.2, -0.15) is 13.2 Å². The predicted molar refractivity (Wildman–Crippen MR) is 99.5 cm³/mol. The third kappa shape index (κ3) is 5.95. The monoisotopic (exact) mass is 382 g/mol. The summed E-state index contributed by atoms with van der Waals surface area (Å²) in [4.78, 5) is 11.1. The largest absolute Gasteiger partial charge is 0.416 e. The highest BCUT2D eigenvalue weighted by Crippen LogP contribution is 2.31. The van der Waals surface area contributed by atoms with Crippen molar-refractivity contribution in [1.82, 2.24) is 10.2 Å². The Kier molecular flexibility index (Phi) is 6.71. The average Bonchev–Trinajstić information content (AvgIpc) is 2.63. The Balaban J connectivity index is 1.90. The lowest BCUT2D eigenvalue weighted by molar-refractivity contribution is -0.137. The third-order valence-electron chi connectivity index (χ3n) is 4.60. The number of amidine groups is 1. The standard InChI is InChI=1S/C19H25F3N4O/c20-19(21,22)15-6-5-7-16(14-15)24-18(26-10-12-27-13-11-26)25-17-8-3-1-2-4-9-23-17/h5-7,14H,1-4,8-13H2,(H,23,24,25). The number of morpholine rings is 1. The van der Waals surface area contributed by atoms with Gasteiger partial charge in [-0.25, -0.2) is 9.98 Å². The van der Waals surface area contributed by atoms with Crippen LogP contribution in [0.15, 0.2) is 34.3 Å². The summed E-state index contributed by atoms with van der Waals surface area (Å²) < 4.78 is 44.4. The van der Waals surface area contributed by atoms with Gasteiger partial charge in [0.15, 0.2) is 0 Å². The molecule has 0 aromatic heterocycles. The fraction of sp³-hybridized carbons (Fsp3) is 0.579. The number of rotatable bonds is 1. The zero-order valence-electron chi connectivity index (χ0n) is 15.3. The molecule has 1 aromatic carbocycles. The van der Waals surface area contributed by atoms with Crippen LogP contribution in [0.3, 0.4) is 0 Å². The predicted octanol–water partition coefficient (Wildman–Crippen LogP) is 3.98. The van der Waals surface area contributed by atoms with E-state index < -0.39 is 11.7 Å². The molecule has 2 aliphatic rings. The van der Waals surface area contributed by atoms with Gasteiger partial charge in [0, 0.05) is 26.1 Å². The smallest absolute Gasteiger partial charge is 0.378 e. The quantitative estimate of drug-likeness (QED) is 0.590. The molecule has 0 spiro atoms. The number of guanidine groups is 1. The second-order valence-electron chi connectivity index (χ2n) is 6.71. The maximum absolute atomic E-state index is 13.0. The van der Waals surface area contributed by atoms with Gasteiger partial charge < -0.3 is 15.0 Å². The van der Waals surface area contributed by atoms with Gasteiger partial charge in [-0.15, -0.1) is 0 Å². The number of aliphatic imine (C=N–C) groups is 2. The second-order valence-corrected chi connectivity index (χ2v) is 6.71. The molecular formula is C19H25F3N4O. The molecule has 0 saturated carbocycles. The Morgan fingerprint density at radius 2 is 1.85 bits per heavy atom. The van der Waals surface area contributed by atoms with E-state index in [1.54, 1.807) is 6.07 Å². The van der Waals surface area contributed by atoms with Crippen molar-refractivity contribution in [3.8, 4) is 0 Å². The highest BCUT2D eigenvalue weighted by atomic mass is 19.4. The number of nitrogens with one attached hydrogen (secondary N) is 1. The molecule has 2 saturated heterocycles. The molecule has 0 radical (unpaired) electrons. The first-order chi connectivity index (χ1) is 13.0. The summed E-state index contributed by atoms with van der Waals surface area (Å²) >= 11 is 0. The lowest BCUT2D eigenvalue weighted by Gasteiger charge is -2.28. The van der Waals surface area contributed by atoms with E-state index in [1.807, 2.05) is 4.90 Å². The Morgan fingerprint density at radius 3 is 2.63 bits per heavy atom. The minimum absolute atomic E-state index is 0.251. The van der Waals surface area contributed by atoms with E-state index in [0.717, 1.165) is 43.8 Å². The van der Waals surface area contributed by atoms with E-state index >= 15 is 0 Å². The normalized spacial score (nSPS) is 21.5. The van der Waals surface area contributed by atoms with Gasteiger partial charge in [0.25, 0.3) is 0 Å². The third-order valence-corrected chi connectivity index (χ3v) is 4.60. The lowest BCUT2D eigenvalue weighted by Crippen LogP contribution is -2.41. The summed E-state index contributed by atoms with van der Waals surface area (Å²) in [5.41, 5.74) is -0.455. The Morgan fingerprint density at radius 1 is 1.07 bits per heavy atom. The first-order valence-corrected chi connectivity index (χ1v) is 9.42. The summed E-state index contributed by atoms with van der Waals surface area (Å²) in [5, 5.41) is 3.34. The molecule has 2 aliphatic heterocycles. The lowest BCUT2D eigenvalue weighted by atomic mass is 10.1. The van der Waals surface area contributed by atoms with Crippen LogP contribution in [0.2, 0.25) is 0 Å². The van der Waals surface area contributed by atoms with Gasteiger partial charge in [0.2, 0.25) is 5.96 Å². The number of hydrogen-bond acceptors (Lipinski definition) is 2. The highest BCUT2D eigenvalue weighted by molar-refractivity contribution is 5.97. The molecule has 1 N–H and O–H groups in total. The van der Waals surface area contributed by atoms with Crippen LogP contribution in [0.4, 0.5) is 18.9 Å². The minimum atomic E-state index is -4.39. The van der Waals surface area contributed by atoms with Gasteiger partial charge in [-0.1, -0.05) is 18.9 Å². The van der Waals surface area contributed by atoms with E-state index in [0.29, 0.717) is 32.3 Å². The topological polar surface area (TPSA) is 49.2 Å². The number of hydrogen-bond donors (Lipinski definition) is 1. The molecule has 1 aromatic rings. The molecule has 8 heteroatoms. The Labute approximate surface area is 157 Å². The maximum atomic E-state index is 13.0. The van der Waals surface area contributed by atoms with Crippen LogP contribution in [0, 0.1) is 0 Å². The van der Waals surface area contributed by atoms with E-state index in [-0.39, 0.29) is 5.69 Å². The molecule has 0 bridgehead atoms. The molecule has 3 rings (SSSR count). The molecular weight excluding hydrogens is 357 g/mol. The van der Waals surface area contributed by atoms with Crippen LogP contribution >= 0.6 is 0 Å². The molecule has 0 atom stereocenters. The van der Waals surface area contributed by atoms with Gasteiger partial charge in [0.05, 0.1) is 24.5 Å². The molecule has 27 heavy (non-hydrogen) atoms. The average molecular weight is 382 g/mol. The van der Waals surface area contributed by atoms with Crippen LogP contribution in [-0.4, -0.2) is 49.5 Å². The van der Waals surface area contributed by atoms with Crippen molar-refractivity contribution in [2.75, 3.05) is 32.8 Å². The second kappa shape index (κ2) is 9.21. The molecule has 0 amide bonds. The van der Waals surface area contributed by atoms with Crippen LogP contribution < -0.4 is 5.32 Å². The summed E-state index contributed by atoms with van der Waals surface area (Å²) in [6.45, 7) is 3.21. The molecule has 2 fully saturated rings. The Bertz CT molecular complexity index is 672. The van der Waals surface area contributed by atoms with Crippen molar-refractivity contribution >= 4 is 17.5 Å². The summed E-state index contributed by atoms with van der Waals surface area (Å²) in [5.74, 6) is 1.30. The molecule has 2 heterocycles. The number of ether oxygens (including phenoxy) is 1. The maximum Gasteiger partial charge on any atom is 0.416 e. The Hall–Kier alpha value is -2.09. The van der Waals surface area contributed by atoms with Gasteiger partial charge in [-0.3, -0.25) is 0 Å². The zero-order chi connectivity index (χ0) is 19.1. The SMILES string of the molecule is FC(F)(F)c1cccc(N=C(N=C2CCCCCCN2)N2CCOCC2)c1. The summed E-state index contributed by atoms with van der Waals surface area (Å²) in [6, 6.07) is 5.06. The molecule has 148 valence electrons. The van der Waals surface area contributed by atoms with E-state index in [2.05, 4.69) is 10.3 Å². The van der Waals surface area contributed by atoms with Crippen LogP contribution in [-0.2, 0) is 10.9 Å². The summed E-state index contributed by atoms with van der Waals surface area (Å²) in [7, 11) is 0. The van der Waals surface area contributed by atoms with Gasteiger partial charge in [0.1, 0.15) is 5.84 Å². The van der Waals surface area contributed by atoms with Crippen LogP contribution in [0.5, 0.6) is 0 Å². The highest BCUT2D eigenvalue weighted by Gasteiger charge is 2.30. The van der Waals surface area contributed by atoms with E-state index in [9.17, 15) is 13.2 Å². The molecule has 0 unspecified atom stereocenters. The molecule has 0 aliphatic carbocycles. The van der Waals surface area contributed by atoms with Crippen LogP contribution in [0.25, 0.3) is 0 Å². The number of benzene rings is 1. The first-order valence-electron chi connectivity index (χ1n) is 9.42. The van der Waals surface area contributed by atoms with Crippen molar-refractivity contribution in [3.63, 3.8) is 0 Å². The molecule has 5 nitrogen and oxygen atoms in total. The van der Waals surface area contributed by atoms with Crippen molar-refractivity contribution in [3.05, 3.63) is 29.8 Å². The van der Waals surface area contributed by atoms with Gasteiger partial charge >= 0.3 is 6.18 Å². The van der Waals surface area contributed by atoms with Crippen molar-refractivity contribution in [1.29, 1.82) is 0 Å².